The van der Waals surface area contributed by atoms with E-state index in [1.54, 1.807) is 0 Å². The van der Waals surface area contributed by atoms with Crippen LogP contribution in [0.1, 0.15) is 17.1 Å². The van der Waals surface area contributed by atoms with Gasteiger partial charge in [-0.05, 0) is 18.2 Å². The van der Waals surface area contributed by atoms with Gasteiger partial charge in [0.05, 0.1) is 0 Å². The van der Waals surface area contributed by atoms with Gasteiger partial charge < -0.3 is 10.7 Å². The zero-order valence-corrected chi connectivity index (χ0v) is 10.1. The number of nitrogens with one attached hydrogen (secondary N) is 1. The number of hydrogen-bond acceptors (Lipinski definition) is 3. The van der Waals surface area contributed by atoms with Gasteiger partial charge in [0, 0.05) is 30.7 Å². The number of halogens is 2. The van der Waals surface area contributed by atoms with Crippen molar-refractivity contribution >= 4 is 0 Å². The minimum Gasteiger partial charge on any atom is -0.330 e. The van der Waals surface area contributed by atoms with Gasteiger partial charge in [0.15, 0.2) is 0 Å². The van der Waals surface area contributed by atoms with E-state index < -0.39 is 11.6 Å². The fourth-order valence-corrected chi connectivity index (χ4v) is 1.77. The summed E-state index contributed by atoms with van der Waals surface area (Å²) in [6.45, 7) is 0.376. The Morgan fingerprint density at radius 1 is 1.26 bits per heavy atom. The molecule has 1 aromatic carbocycles. The summed E-state index contributed by atoms with van der Waals surface area (Å²) in [5.74, 6) is -0.965. The van der Waals surface area contributed by atoms with E-state index in [1.807, 2.05) is 0 Å². The van der Waals surface area contributed by atoms with Crippen LogP contribution in [-0.2, 0) is 12.8 Å². The normalized spacial score (nSPS) is 10.7. The number of hydrogen-bond donors (Lipinski definition) is 2. The van der Waals surface area contributed by atoms with Gasteiger partial charge in [-0.1, -0.05) is 6.07 Å². The maximum Gasteiger partial charge on any atom is 0.251 e. The topological polar surface area (TPSA) is 71.8 Å². The molecule has 100 valence electrons. The molecule has 2 aromatic rings. The molecule has 0 fully saturated rings. The van der Waals surface area contributed by atoms with Crippen molar-refractivity contribution in [3.05, 3.63) is 63.3 Å². The highest BCUT2D eigenvalue weighted by Crippen LogP contribution is 2.12. The van der Waals surface area contributed by atoms with Gasteiger partial charge in [-0.3, -0.25) is 4.79 Å². The Kier molecular flexibility index (Phi) is 4.01. The van der Waals surface area contributed by atoms with Crippen molar-refractivity contribution < 1.29 is 8.78 Å². The number of aromatic nitrogens is 2. The number of H-pyrrole nitrogens is 1. The maximum absolute atomic E-state index is 13.5. The van der Waals surface area contributed by atoms with Gasteiger partial charge in [-0.25, -0.2) is 13.8 Å². The van der Waals surface area contributed by atoms with E-state index >= 15 is 0 Å². The van der Waals surface area contributed by atoms with E-state index in [0.29, 0.717) is 24.5 Å². The fraction of sp³-hybridized carbons (Fsp3) is 0.231. The van der Waals surface area contributed by atoms with Crippen LogP contribution in [0.3, 0.4) is 0 Å². The predicted octanol–water partition coefficient (Wildman–Crippen LogP) is 1.14. The molecule has 1 aromatic heterocycles. The zero-order valence-electron chi connectivity index (χ0n) is 10.1. The van der Waals surface area contributed by atoms with Crippen LogP contribution in [0.5, 0.6) is 0 Å². The second-order valence-corrected chi connectivity index (χ2v) is 4.13. The molecule has 0 atom stereocenters. The Bertz CT molecular complexity index is 640. The Balaban J connectivity index is 2.30. The molecule has 0 aliphatic heterocycles. The number of nitrogens with zero attached hydrogens (tertiary/aromatic N) is 1. The van der Waals surface area contributed by atoms with Crippen molar-refractivity contribution in [1.82, 2.24) is 9.97 Å². The number of nitrogens with two attached hydrogens (primary N) is 1. The monoisotopic (exact) mass is 265 g/mol. The fourth-order valence-electron chi connectivity index (χ4n) is 1.77. The van der Waals surface area contributed by atoms with Crippen LogP contribution < -0.4 is 11.3 Å². The first-order valence-electron chi connectivity index (χ1n) is 5.81. The smallest absolute Gasteiger partial charge is 0.251 e. The highest BCUT2D eigenvalue weighted by Gasteiger charge is 2.07. The summed E-state index contributed by atoms with van der Waals surface area (Å²) < 4.78 is 26.3. The van der Waals surface area contributed by atoms with E-state index in [2.05, 4.69) is 9.97 Å². The quantitative estimate of drug-likeness (QED) is 0.870. The summed E-state index contributed by atoms with van der Waals surface area (Å²) in [6, 6.07) is 4.66. The van der Waals surface area contributed by atoms with E-state index in [4.69, 9.17) is 5.73 Å². The number of rotatable bonds is 4. The molecule has 2 rings (SSSR count). The Hall–Kier alpha value is -2.08. The van der Waals surface area contributed by atoms with Crippen LogP contribution >= 0.6 is 0 Å². The van der Waals surface area contributed by atoms with Crippen molar-refractivity contribution in [2.45, 2.75) is 12.8 Å². The van der Waals surface area contributed by atoms with Crippen LogP contribution in [0.15, 0.2) is 29.1 Å². The lowest BCUT2D eigenvalue weighted by Gasteiger charge is -2.05. The van der Waals surface area contributed by atoms with Gasteiger partial charge in [-0.2, -0.15) is 0 Å². The first kappa shape index (κ1) is 13.4. The molecule has 3 N–H and O–H groups in total. The maximum atomic E-state index is 13.5. The molecule has 0 spiro atoms. The highest BCUT2D eigenvalue weighted by molar-refractivity contribution is 5.22. The third-order valence-electron chi connectivity index (χ3n) is 2.62. The minimum absolute atomic E-state index is 0.0970. The van der Waals surface area contributed by atoms with E-state index in [0.717, 1.165) is 6.07 Å². The van der Waals surface area contributed by atoms with Gasteiger partial charge in [-0.15, -0.1) is 0 Å². The van der Waals surface area contributed by atoms with Gasteiger partial charge in [0.1, 0.15) is 17.5 Å². The Morgan fingerprint density at radius 2 is 2.05 bits per heavy atom. The molecule has 0 bridgehead atoms. The second kappa shape index (κ2) is 5.71. The minimum atomic E-state index is -0.660. The van der Waals surface area contributed by atoms with E-state index in [9.17, 15) is 13.6 Å². The Morgan fingerprint density at radius 3 is 2.74 bits per heavy atom. The van der Waals surface area contributed by atoms with Crippen LogP contribution in [0.25, 0.3) is 0 Å². The van der Waals surface area contributed by atoms with Crippen LogP contribution in [0, 0.1) is 11.6 Å². The molecule has 4 nitrogen and oxygen atoms in total. The molecule has 0 aliphatic carbocycles. The van der Waals surface area contributed by atoms with Gasteiger partial charge in [0.2, 0.25) is 0 Å². The molecule has 0 saturated carbocycles. The molecule has 6 heteroatoms. The zero-order chi connectivity index (χ0) is 13.8. The van der Waals surface area contributed by atoms with Gasteiger partial charge >= 0.3 is 0 Å². The summed E-state index contributed by atoms with van der Waals surface area (Å²) >= 11 is 0. The largest absolute Gasteiger partial charge is 0.330 e. The molecular formula is C13H13F2N3O. The van der Waals surface area contributed by atoms with Crippen LogP contribution in [0.4, 0.5) is 8.78 Å². The summed E-state index contributed by atoms with van der Waals surface area (Å²) in [5, 5.41) is 0. The molecule has 0 aliphatic rings. The average Bonchev–Trinajstić information content (AvgIpc) is 2.32. The van der Waals surface area contributed by atoms with Crippen molar-refractivity contribution in [1.29, 1.82) is 0 Å². The highest BCUT2D eigenvalue weighted by atomic mass is 19.1. The van der Waals surface area contributed by atoms with E-state index in [-0.39, 0.29) is 17.5 Å². The predicted molar refractivity (Wildman–Crippen MR) is 66.8 cm³/mol. The van der Waals surface area contributed by atoms with Crippen molar-refractivity contribution in [2.24, 2.45) is 5.73 Å². The summed E-state index contributed by atoms with van der Waals surface area (Å²) in [6.07, 6.45) is 0.572. The second-order valence-electron chi connectivity index (χ2n) is 4.13. The summed E-state index contributed by atoms with van der Waals surface area (Å²) in [4.78, 5) is 18.1. The van der Waals surface area contributed by atoms with Crippen molar-refractivity contribution in [2.75, 3.05) is 6.54 Å². The molecular weight excluding hydrogens is 252 g/mol. The van der Waals surface area contributed by atoms with E-state index in [1.165, 1.54) is 18.2 Å². The van der Waals surface area contributed by atoms with Crippen molar-refractivity contribution in [3.8, 4) is 0 Å². The summed E-state index contributed by atoms with van der Waals surface area (Å²) in [7, 11) is 0. The molecule has 19 heavy (non-hydrogen) atoms. The third-order valence-corrected chi connectivity index (χ3v) is 2.62. The lowest BCUT2D eigenvalue weighted by Crippen LogP contribution is -2.15. The molecule has 0 radical (unpaired) electrons. The molecule has 1 heterocycles. The molecule has 0 unspecified atom stereocenters. The molecule has 0 saturated heterocycles. The third kappa shape index (κ3) is 3.45. The lowest BCUT2D eigenvalue weighted by molar-refractivity contribution is 0.573. The summed E-state index contributed by atoms with van der Waals surface area (Å²) in [5.41, 5.74) is 5.92. The Labute approximate surface area is 108 Å². The molecule has 0 amide bonds. The number of aromatic amines is 1. The first-order valence-corrected chi connectivity index (χ1v) is 5.81. The van der Waals surface area contributed by atoms with Crippen LogP contribution in [-0.4, -0.2) is 16.5 Å². The first-order chi connectivity index (χ1) is 9.08. The SMILES string of the molecule is NCCc1cc(=O)[nH]c(Cc2ccc(F)cc2F)n1. The average molecular weight is 265 g/mol. The number of benzene rings is 1. The van der Waals surface area contributed by atoms with Crippen molar-refractivity contribution in [3.63, 3.8) is 0 Å². The van der Waals surface area contributed by atoms with Gasteiger partial charge in [0.25, 0.3) is 5.56 Å². The lowest BCUT2D eigenvalue weighted by atomic mass is 10.1. The van der Waals surface area contributed by atoms with Crippen LogP contribution in [0.2, 0.25) is 0 Å². The standard InChI is InChI=1S/C13H13F2N3O/c14-9-2-1-8(11(15)6-9)5-12-17-10(3-4-16)7-13(19)18-12/h1-2,6-7H,3-5,16H2,(H,17,18,19).